The van der Waals surface area contributed by atoms with E-state index < -0.39 is 26.0 Å². The van der Waals surface area contributed by atoms with Crippen LogP contribution in [-0.4, -0.2) is 55.0 Å². The van der Waals surface area contributed by atoms with Crippen LogP contribution in [0.4, 0.5) is 4.79 Å². The average Bonchev–Trinajstić information content (AvgIpc) is 3.15. The molecule has 1 aromatic heterocycles. The van der Waals surface area contributed by atoms with Crippen molar-refractivity contribution in [3.63, 3.8) is 0 Å². The molecule has 1 aliphatic rings. The zero-order valence-corrected chi connectivity index (χ0v) is 24.1. The third kappa shape index (κ3) is 7.66. The van der Waals surface area contributed by atoms with Crippen molar-refractivity contribution >= 4 is 27.9 Å². The summed E-state index contributed by atoms with van der Waals surface area (Å²) in [7, 11) is 3.35. The number of carbonyl (C=O) groups excluding carboxylic acids is 2. The molecule has 0 bridgehead atoms. The minimum Gasteiger partial charge on any atom is -0.492 e. The highest BCUT2D eigenvalue weighted by Gasteiger charge is 2.43. The Balaban J connectivity index is 1.90. The molecule has 0 spiro atoms. The fourth-order valence-corrected chi connectivity index (χ4v) is 6.30. The molecular weight excluding hydrogens is 499 g/mol. The first-order valence-corrected chi connectivity index (χ1v) is 16.3. The fourth-order valence-electron chi connectivity index (χ4n) is 4.93. The van der Waals surface area contributed by atoms with Gasteiger partial charge in [0.2, 0.25) is 19.6 Å². The van der Waals surface area contributed by atoms with E-state index in [4.69, 9.17) is 17.1 Å². The summed E-state index contributed by atoms with van der Waals surface area (Å²) >= 11 is 0. The van der Waals surface area contributed by atoms with Gasteiger partial charge in [-0.05, 0) is 55.3 Å². The van der Waals surface area contributed by atoms with Crippen molar-refractivity contribution in [1.29, 1.82) is 0 Å². The van der Waals surface area contributed by atoms with Gasteiger partial charge in [0.1, 0.15) is 0 Å². The summed E-state index contributed by atoms with van der Waals surface area (Å²) in [6.07, 6.45) is 3.97. The van der Waals surface area contributed by atoms with Crippen molar-refractivity contribution < 1.29 is 29.1 Å². The minimum absolute atomic E-state index is 0.0658. The minimum atomic E-state index is -2.28. The lowest BCUT2D eigenvalue weighted by molar-refractivity contribution is -0.154. The zero-order valence-electron chi connectivity index (χ0n) is 23.1. The molecule has 1 aromatic carbocycles. The highest BCUT2D eigenvalue weighted by Crippen LogP contribution is 2.41. The second kappa shape index (κ2) is 12.4. The molecule has 0 saturated heterocycles. The Morgan fingerprint density at radius 1 is 1.08 bits per heavy atom. The number of aromatic hydroxyl groups is 2. The zero-order chi connectivity index (χ0) is 28.1. The van der Waals surface area contributed by atoms with E-state index in [1.165, 1.54) is 12.1 Å². The Hall–Kier alpha value is -2.72. The van der Waals surface area contributed by atoms with Crippen molar-refractivity contribution in [2.75, 3.05) is 0 Å². The standard InChI is InChI=1S/C28H41BN2O6Si/c1-28(2,3)38(4,5)37-23(22(30-27(29)35)17-19-11-7-6-8-12-19)18-20-13-9-10-14-21(20)26(34)36-31-24(32)15-16-25(31)33/h6-8,11-12,15-16,20-23,32-33H,9-10,13-14,17-18H2,1-5H3,(H,30,35)/t20?,21-,22?,23+/m0/s1. The first kappa shape index (κ1) is 29.8. The first-order chi connectivity index (χ1) is 17.8. The topological polar surface area (TPSA) is 110 Å². The van der Waals surface area contributed by atoms with E-state index in [2.05, 4.69) is 39.2 Å². The summed E-state index contributed by atoms with van der Waals surface area (Å²) < 4.78 is 7.68. The van der Waals surface area contributed by atoms with Crippen LogP contribution in [-0.2, 0) is 15.6 Å². The van der Waals surface area contributed by atoms with Crippen molar-refractivity contribution in [1.82, 2.24) is 10.0 Å². The molecule has 1 heterocycles. The maximum absolute atomic E-state index is 13.3. The molecule has 10 heteroatoms. The van der Waals surface area contributed by atoms with Gasteiger partial charge in [-0.1, -0.05) is 63.9 Å². The molecule has 3 rings (SSSR count). The number of benzene rings is 1. The second-order valence-electron chi connectivity index (χ2n) is 11.9. The van der Waals surface area contributed by atoms with Gasteiger partial charge in [-0.15, -0.1) is 4.73 Å². The van der Waals surface area contributed by atoms with Gasteiger partial charge in [0.05, 0.1) is 18.1 Å². The molecule has 4 atom stereocenters. The van der Waals surface area contributed by atoms with Crippen LogP contribution in [0, 0.1) is 11.8 Å². The lowest BCUT2D eigenvalue weighted by Gasteiger charge is -2.43. The Morgan fingerprint density at radius 2 is 1.68 bits per heavy atom. The van der Waals surface area contributed by atoms with Crippen molar-refractivity contribution in [2.45, 2.75) is 89.6 Å². The molecule has 8 nitrogen and oxygen atoms in total. The molecule has 2 aromatic rings. The van der Waals surface area contributed by atoms with E-state index in [0.717, 1.165) is 29.6 Å². The lowest BCUT2D eigenvalue weighted by atomic mass is 9.75. The number of nitrogens with zero attached hydrogens (tertiary/aromatic N) is 1. The third-order valence-corrected chi connectivity index (χ3v) is 12.6. The molecule has 1 amide bonds. The Kier molecular flexibility index (Phi) is 9.75. The second-order valence-corrected chi connectivity index (χ2v) is 16.6. The Labute approximate surface area is 228 Å². The number of rotatable bonds is 10. The number of amides is 1. The summed E-state index contributed by atoms with van der Waals surface area (Å²) in [5.41, 5.74) is 1.05. The Morgan fingerprint density at radius 3 is 2.26 bits per heavy atom. The maximum atomic E-state index is 13.3. The van der Waals surface area contributed by atoms with E-state index in [1.54, 1.807) is 0 Å². The number of hydrogen-bond acceptors (Lipinski definition) is 6. The van der Waals surface area contributed by atoms with E-state index in [9.17, 15) is 19.8 Å². The predicted molar refractivity (Wildman–Crippen MR) is 150 cm³/mol. The van der Waals surface area contributed by atoms with Gasteiger partial charge < -0.3 is 24.8 Å². The number of carbonyl (C=O) groups is 2. The summed E-state index contributed by atoms with van der Waals surface area (Å²) in [4.78, 5) is 30.8. The van der Waals surface area contributed by atoms with Crippen LogP contribution >= 0.6 is 0 Å². The molecule has 1 aliphatic carbocycles. The Bertz CT molecular complexity index is 1070. The first-order valence-electron chi connectivity index (χ1n) is 13.4. The van der Waals surface area contributed by atoms with E-state index >= 15 is 0 Å². The number of hydrogen-bond donors (Lipinski definition) is 3. The van der Waals surface area contributed by atoms with Crippen LogP contribution in [0.2, 0.25) is 18.1 Å². The molecular formula is C28H41BN2O6Si. The van der Waals surface area contributed by atoms with Gasteiger partial charge in [0.15, 0.2) is 14.1 Å². The molecule has 2 radical (unpaired) electrons. The maximum Gasteiger partial charge on any atom is 0.336 e. The molecule has 38 heavy (non-hydrogen) atoms. The smallest absolute Gasteiger partial charge is 0.336 e. The monoisotopic (exact) mass is 540 g/mol. The lowest BCUT2D eigenvalue weighted by Crippen LogP contribution is -2.53. The van der Waals surface area contributed by atoms with Crippen LogP contribution in [0.15, 0.2) is 42.5 Å². The van der Waals surface area contributed by atoms with Gasteiger partial charge >= 0.3 is 5.97 Å². The largest absolute Gasteiger partial charge is 0.492 e. The van der Waals surface area contributed by atoms with Gasteiger partial charge in [0, 0.05) is 12.1 Å². The third-order valence-electron chi connectivity index (χ3n) is 8.05. The molecule has 2 unspecified atom stereocenters. The normalized spacial score (nSPS) is 19.9. The molecule has 0 aliphatic heterocycles. The summed E-state index contributed by atoms with van der Waals surface area (Å²) in [5, 5.41) is 22.8. The van der Waals surface area contributed by atoms with Gasteiger partial charge in [-0.3, -0.25) is 4.79 Å². The van der Waals surface area contributed by atoms with Crippen molar-refractivity contribution in [3.8, 4) is 11.8 Å². The van der Waals surface area contributed by atoms with E-state index in [1.807, 2.05) is 30.3 Å². The highest BCUT2D eigenvalue weighted by atomic mass is 28.4. The predicted octanol–water partition coefficient (Wildman–Crippen LogP) is 4.93. The van der Waals surface area contributed by atoms with Crippen molar-refractivity contribution in [2.24, 2.45) is 11.8 Å². The fraction of sp³-hybridized carbons (Fsp3) is 0.571. The highest BCUT2D eigenvalue weighted by molar-refractivity contribution is 6.74. The van der Waals surface area contributed by atoms with Crippen LogP contribution < -0.4 is 10.2 Å². The summed E-state index contributed by atoms with van der Waals surface area (Å²) in [5.74, 6) is -2.34. The molecule has 3 N–H and O–H groups in total. The van der Waals surface area contributed by atoms with Gasteiger partial charge in [-0.2, -0.15) is 0 Å². The summed E-state index contributed by atoms with van der Waals surface area (Å²) in [6, 6.07) is 12.0. The molecule has 206 valence electrons. The SMILES string of the molecule is [B]C(=O)NC(Cc1ccccc1)[C@@H](CC1CCCC[C@@H]1C(=O)On1c(O)ccc1O)O[Si](C)(C)C(C)(C)C. The molecule has 1 fully saturated rings. The summed E-state index contributed by atoms with van der Waals surface area (Å²) in [6.45, 7) is 10.9. The number of nitrogens with one attached hydrogen (secondary N) is 1. The van der Waals surface area contributed by atoms with E-state index in [0.29, 0.717) is 19.3 Å². The average molecular weight is 541 g/mol. The van der Waals surface area contributed by atoms with E-state index in [-0.39, 0.29) is 34.9 Å². The van der Waals surface area contributed by atoms with Crippen LogP contribution in [0.1, 0.15) is 58.4 Å². The quantitative estimate of drug-likeness (QED) is 0.369. The van der Waals surface area contributed by atoms with Crippen molar-refractivity contribution in [3.05, 3.63) is 48.0 Å². The number of aromatic nitrogens is 1. The van der Waals surface area contributed by atoms with Crippen LogP contribution in [0.5, 0.6) is 11.8 Å². The van der Waals surface area contributed by atoms with Crippen LogP contribution in [0.3, 0.4) is 0 Å². The van der Waals surface area contributed by atoms with Gasteiger partial charge in [-0.25, -0.2) is 4.79 Å². The van der Waals surface area contributed by atoms with Gasteiger partial charge in [0.25, 0.3) is 0 Å². The van der Waals surface area contributed by atoms with Crippen LogP contribution in [0.25, 0.3) is 0 Å². The molecule has 1 saturated carbocycles.